The number of amides is 1. The number of para-hydroxylation sites is 1. The lowest BCUT2D eigenvalue weighted by atomic mass is 10.0. The number of hydroxylamine groups is 1. The second-order valence-electron chi connectivity index (χ2n) is 8.48. The van der Waals surface area contributed by atoms with Crippen molar-refractivity contribution in [3.63, 3.8) is 0 Å². The van der Waals surface area contributed by atoms with E-state index in [-0.39, 0.29) is 0 Å². The molecule has 2 heterocycles. The van der Waals surface area contributed by atoms with E-state index in [1.165, 1.54) is 33.7 Å². The van der Waals surface area contributed by atoms with Crippen molar-refractivity contribution in [2.24, 2.45) is 0 Å². The summed E-state index contributed by atoms with van der Waals surface area (Å²) in [6.45, 7) is 1.74. The predicted molar refractivity (Wildman–Crippen MR) is 127 cm³/mol. The fourth-order valence-electron chi connectivity index (χ4n) is 4.85. The molecule has 0 spiro atoms. The number of H-pyrrole nitrogens is 2. The van der Waals surface area contributed by atoms with Crippen molar-refractivity contribution in [1.29, 1.82) is 0 Å². The number of aryl methyl sites for hydroxylation is 1. The molecule has 7 heteroatoms. The van der Waals surface area contributed by atoms with E-state index < -0.39 is 5.91 Å². The van der Waals surface area contributed by atoms with E-state index in [4.69, 9.17) is 5.21 Å². The van der Waals surface area contributed by atoms with Gasteiger partial charge in [0.05, 0.1) is 0 Å². The molecule has 2 aromatic heterocycles. The molecule has 1 unspecified atom stereocenters. The average molecular weight is 442 g/mol. The molecule has 4 aromatic rings. The van der Waals surface area contributed by atoms with Gasteiger partial charge in [-0.15, -0.1) is 0 Å². The number of hydrogen-bond donors (Lipinski definition) is 4. The first-order chi connectivity index (χ1) is 16.2. The highest BCUT2D eigenvalue weighted by atomic mass is 16.5. The lowest BCUT2D eigenvalue weighted by Gasteiger charge is -2.29. The molecular weight excluding hydrogens is 414 g/mol. The minimum absolute atomic E-state index is 0.326. The van der Waals surface area contributed by atoms with Crippen LogP contribution in [0.3, 0.4) is 0 Å². The Balaban J connectivity index is 1.37. The number of hydrogen-bond acceptors (Lipinski definition) is 4. The number of carbonyl (C=O) groups is 1. The van der Waals surface area contributed by atoms with Gasteiger partial charge in [-0.1, -0.05) is 36.4 Å². The smallest absolute Gasteiger partial charge is 0.267 e. The summed E-state index contributed by atoms with van der Waals surface area (Å²) in [5, 5.41) is 17.2. The van der Waals surface area contributed by atoms with Gasteiger partial charge in [-0.05, 0) is 59.7 Å². The molecule has 1 aliphatic rings. The molecule has 5 rings (SSSR count). The van der Waals surface area contributed by atoms with Gasteiger partial charge in [-0.2, -0.15) is 5.10 Å². The Morgan fingerprint density at radius 2 is 2.15 bits per heavy atom. The van der Waals surface area contributed by atoms with Crippen LogP contribution in [0.4, 0.5) is 0 Å². The van der Waals surface area contributed by atoms with Crippen LogP contribution in [0.5, 0.6) is 0 Å². The highest BCUT2D eigenvalue weighted by Crippen LogP contribution is 2.37. The fraction of sp³-hybridized carbons (Fsp3) is 0.231. The molecule has 0 radical (unpaired) electrons. The van der Waals surface area contributed by atoms with Crippen molar-refractivity contribution < 1.29 is 10.0 Å². The maximum absolute atomic E-state index is 11.3. The van der Waals surface area contributed by atoms with E-state index in [1.807, 2.05) is 12.1 Å². The van der Waals surface area contributed by atoms with E-state index in [9.17, 15) is 4.79 Å². The van der Waals surface area contributed by atoms with E-state index in [0.29, 0.717) is 6.04 Å². The molecule has 7 nitrogen and oxygen atoms in total. The minimum atomic E-state index is -0.531. The van der Waals surface area contributed by atoms with Crippen LogP contribution in [0.15, 0.2) is 67.0 Å². The molecule has 4 N–H and O–H groups in total. The summed E-state index contributed by atoms with van der Waals surface area (Å²) < 4.78 is 0. The predicted octanol–water partition coefficient (Wildman–Crippen LogP) is 4.14. The SMILES string of the molecule is O=C(C=Cc1ccc2c(c1)CCC2N(CCc1c[nH]c2ccccc12)Cc1ccn[nH]1)NO. The first-order valence-electron chi connectivity index (χ1n) is 11.2. The fourth-order valence-corrected chi connectivity index (χ4v) is 4.85. The van der Waals surface area contributed by atoms with Gasteiger partial charge in [0.25, 0.3) is 5.91 Å². The quantitative estimate of drug-likeness (QED) is 0.188. The molecule has 0 saturated carbocycles. The second-order valence-corrected chi connectivity index (χ2v) is 8.48. The molecule has 0 fully saturated rings. The van der Waals surface area contributed by atoms with Gasteiger partial charge in [-0.25, -0.2) is 5.48 Å². The Kier molecular flexibility index (Phi) is 6.06. The summed E-state index contributed by atoms with van der Waals surface area (Å²) in [7, 11) is 0. The minimum Gasteiger partial charge on any atom is -0.361 e. The topological polar surface area (TPSA) is 97.0 Å². The Bertz CT molecular complexity index is 1280. The van der Waals surface area contributed by atoms with E-state index >= 15 is 0 Å². The molecule has 0 bridgehead atoms. The number of nitrogens with one attached hydrogen (secondary N) is 3. The molecule has 2 aromatic carbocycles. The standard InChI is InChI=1S/C26H27N5O2/c32-26(30-33)10-6-18-5-8-23-19(15-18)7-9-25(23)31(17-21-11-13-28-29-21)14-12-20-16-27-24-4-2-1-3-22(20)24/h1-6,8,10-11,13,15-16,25,27,33H,7,9,12,14,17H2,(H,28,29)(H,30,32). The third kappa shape index (κ3) is 4.60. The van der Waals surface area contributed by atoms with Crippen LogP contribution in [0.25, 0.3) is 17.0 Å². The number of nitrogens with zero attached hydrogens (tertiary/aromatic N) is 2. The maximum atomic E-state index is 11.3. The van der Waals surface area contributed by atoms with Crippen LogP contribution >= 0.6 is 0 Å². The van der Waals surface area contributed by atoms with Crippen molar-refractivity contribution in [1.82, 2.24) is 25.6 Å². The largest absolute Gasteiger partial charge is 0.361 e. The van der Waals surface area contributed by atoms with Gasteiger partial charge >= 0.3 is 0 Å². The molecule has 0 saturated heterocycles. The zero-order valence-corrected chi connectivity index (χ0v) is 18.3. The molecule has 0 aliphatic heterocycles. The Morgan fingerprint density at radius 3 is 3.00 bits per heavy atom. The summed E-state index contributed by atoms with van der Waals surface area (Å²) in [6, 6.07) is 17.2. The van der Waals surface area contributed by atoms with Gasteiger partial charge in [0, 0.05) is 54.2 Å². The lowest BCUT2D eigenvalue weighted by molar-refractivity contribution is -0.124. The number of carbonyl (C=O) groups excluding carboxylic acids is 1. The Morgan fingerprint density at radius 1 is 1.24 bits per heavy atom. The highest BCUT2D eigenvalue weighted by molar-refractivity contribution is 5.90. The van der Waals surface area contributed by atoms with Gasteiger partial charge in [-0.3, -0.25) is 20.0 Å². The molecule has 33 heavy (non-hydrogen) atoms. The number of aromatic amines is 2. The first-order valence-corrected chi connectivity index (χ1v) is 11.2. The van der Waals surface area contributed by atoms with Crippen LogP contribution in [-0.4, -0.2) is 37.7 Å². The molecule has 1 aliphatic carbocycles. The van der Waals surface area contributed by atoms with Crippen molar-refractivity contribution in [2.45, 2.75) is 31.8 Å². The maximum Gasteiger partial charge on any atom is 0.267 e. The molecular formula is C26H27N5O2. The second kappa shape index (κ2) is 9.44. The molecule has 1 atom stereocenters. The van der Waals surface area contributed by atoms with Crippen molar-refractivity contribution in [2.75, 3.05) is 6.54 Å². The normalized spacial score (nSPS) is 15.5. The van der Waals surface area contributed by atoms with Gasteiger partial charge in [0.2, 0.25) is 0 Å². The van der Waals surface area contributed by atoms with E-state index in [2.05, 4.69) is 62.7 Å². The molecule has 1 amide bonds. The summed E-state index contributed by atoms with van der Waals surface area (Å²) in [4.78, 5) is 17.2. The monoisotopic (exact) mass is 441 g/mol. The van der Waals surface area contributed by atoms with E-state index in [1.54, 1.807) is 17.8 Å². The van der Waals surface area contributed by atoms with Crippen LogP contribution in [0.2, 0.25) is 0 Å². The Hall–Kier alpha value is -3.68. The van der Waals surface area contributed by atoms with Gasteiger partial charge in [0.15, 0.2) is 0 Å². The average Bonchev–Trinajstić information content (AvgIpc) is 3.60. The van der Waals surface area contributed by atoms with Crippen LogP contribution < -0.4 is 5.48 Å². The summed E-state index contributed by atoms with van der Waals surface area (Å²) in [6.07, 6.45) is 10.0. The molecule has 168 valence electrons. The third-order valence-electron chi connectivity index (χ3n) is 6.47. The lowest BCUT2D eigenvalue weighted by Crippen LogP contribution is -2.29. The zero-order valence-electron chi connectivity index (χ0n) is 18.3. The summed E-state index contributed by atoms with van der Waals surface area (Å²) in [5.74, 6) is -0.531. The summed E-state index contributed by atoms with van der Waals surface area (Å²) >= 11 is 0. The third-order valence-corrected chi connectivity index (χ3v) is 6.47. The summed E-state index contributed by atoms with van der Waals surface area (Å²) in [5.41, 5.74) is 8.86. The van der Waals surface area contributed by atoms with Crippen molar-refractivity contribution in [3.05, 3.63) is 94.9 Å². The van der Waals surface area contributed by atoms with Crippen molar-refractivity contribution >= 4 is 22.9 Å². The number of fused-ring (bicyclic) bond motifs is 2. The first kappa shape index (κ1) is 21.2. The Labute approximate surface area is 192 Å². The number of benzene rings is 2. The number of rotatable bonds is 8. The van der Waals surface area contributed by atoms with Gasteiger partial charge < -0.3 is 4.98 Å². The van der Waals surface area contributed by atoms with Crippen LogP contribution in [0.1, 0.15) is 40.4 Å². The van der Waals surface area contributed by atoms with Crippen LogP contribution in [0, 0.1) is 0 Å². The van der Waals surface area contributed by atoms with E-state index in [0.717, 1.165) is 43.6 Å². The van der Waals surface area contributed by atoms with Gasteiger partial charge in [0.1, 0.15) is 0 Å². The van der Waals surface area contributed by atoms with Crippen LogP contribution in [-0.2, 0) is 24.2 Å². The van der Waals surface area contributed by atoms with Crippen molar-refractivity contribution in [3.8, 4) is 0 Å². The zero-order chi connectivity index (χ0) is 22.6. The number of aromatic nitrogens is 3. The highest BCUT2D eigenvalue weighted by Gasteiger charge is 2.28.